The van der Waals surface area contributed by atoms with E-state index in [0.717, 1.165) is 29.1 Å². The fourth-order valence-electron chi connectivity index (χ4n) is 3.39. The Morgan fingerprint density at radius 2 is 2.03 bits per heavy atom. The zero-order valence-electron chi connectivity index (χ0n) is 18.1. The molecule has 1 amide bonds. The first-order valence-corrected chi connectivity index (χ1v) is 9.87. The number of benzene rings is 1. The maximum Gasteiger partial charge on any atom is 0.279 e. The van der Waals surface area contributed by atoms with Gasteiger partial charge in [0, 0.05) is 32.5 Å². The van der Waals surface area contributed by atoms with E-state index in [1.807, 2.05) is 44.6 Å². The second-order valence-electron chi connectivity index (χ2n) is 7.55. The zero-order chi connectivity index (χ0) is 21.1. The van der Waals surface area contributed by atoms with Crippen LogP contribution in [0, 0.1) is 20.8 Å². The van der Waals surface area contributed by atoms with Crippen LogP contribution < -0.4 is 5.32 Å². The first-order chi connectivity index (χ1) is 13.8. The molecular weight excluding hydrogens is 362 g/mol. The molecule has 152 valence electrons. The lowest BCUT2D eigenvalue weighted by Crippen LogP contribution is -2.11. The zero-order valence-corrected chi connectivity index (χ0v) is 18.1. The summed E-state index contributed by atoms with van der Waals surface area (Å²) in [6.07, 6.45) is 4.32. The number of imidazole rings is 1. The van der Waals surface area contributed by atoms with Crippen molar-refractivity contribution in [1.82, 2.24) is 14.3 Å². The van der Waals surface area contributed by atoms with Crippen molar-refractivity contribution in [2.24, 2.45) is 4.99 Å². The lowest BCUT2D eigenvalue weighted by molar-refractivity contribution is 0.100. The van der Waals surface area contributed by atoms with Crippen molar-refractivity contribution in [3.63, 3.8) is 0 Å². The number of aliphatic imine (C=N–C) groups is 1. The molecule has 0 aliphatic carbocycles. The Labute approximate surface area is 172 Å². The van der Waals surface area contributed by atoms with Gasteiger partial charge >= 0.3 is 0 Å². The van der Waals surface area contributed by atoms with Crippen LogP contribution in [-0.4, -0.2) is 40.6 Å². The number of nitrogens with zero attached hydrogens (tertiary/aromatic N) is 4. The van der Waals surface area contributed by atoms with Gasteiger partial charge in [-0.05, 0) is 49.9 Å². The van der Waals surface area contributed by atoms with Crippen molar-refractivity contribution >= 4 is 23.6 Å². The van der Waals surface area contributed by atoms with Gasteiger partial charge in [0.05, 0.1) is 23.3 Å². The molecule has 6 heteroatoms. The molecule has 0 aliphatic heterocycles. The van der Waals surface area contributed by atoms with Crippen LogP contribution in [0.4, 0.5) is 5.69 Å². The maximum absolute atomic E-state index is 12.6. The van der Waals surface area contributed by atoms with E-state index in [-0.39, 0.29) is 5.91 Å². The van der Waals surface area contributed by atoms with E-state index in [9.17, 15) is 4.79 Å². The number of anilines is 1. The number of rotatable bonds is 6. The number of hydrogen-bond acceptors (Lipinski definition) is 3. The number of pyridine rings is 1. The molecule has 3 rings (SSSR count). The van der Waals surface area contributed by atoms with Gasteiger partial charge in [-0.3, -0.25) is 4.79 Å². The van der Waals surface area contributed by atoms with Crippen molar-refractivity contribution in [1.29, 1.82) is 0 Å². The molecule has 1 N–H and O–H groups in total. The number of amides is 1. The predicted octanol–water partition coefficient (Wildman–Crippen LogP) is 4.16. The van der Waals surface area contributed by atoms with E-state index in [1.165, 1.54) is 23.0 Å². The van der Waals surface area contributed by atoms with Crippen LogP contribution in [0.5, 0.6) is 0 Å². The normalized spacial score (nSPS) is 11.4. The molecule has 0 unspecified atom stereocenters. The van der Waals surface area contributed by atoms with Crippen molar-refractivity contribution in [2.45, 2.75) is 40.7 Å². The summed E-state index contributed by atoms with van der Waals surface area (Å²) in [6, 6.07) is 8.24. The van der Waals surface area contributed by atoms with Crippen molar-refractivity contribution in [3.8, 4) is 0 Å². The van der Waals surface area contributed by atoms with Crippen LogP contribution in [0.1, 0.15) is 45.4 Å². The maximum atomic E-state index is 12.6. The summed E-state index contributed by atoms with van der Waals surface area (Å²) in [5.74, 6) is -0.278. The highest BCUT2D eigenvalue weighted by Crippen LogP contribution is 2.24. The summed E-state index contributed by atoms with van der Waals surface area (Å²) in [5, 5.41) is 3.52. The van der Waals surface area contributed by atoms with Gasteiger partial charge in [0.25, 0.3) is 5.91 Å². The summed E-state index contributed by atoms with van der Waals surface area (Å²) >= 11 is 0. The Morgan fingerprint density at radius 3 is 2.72 bits per heavy atom. The van der Waals surface area contributed by atoms with Crippen molar-refractivity contribution in [2.75, 3.05) is 19.4 Å². The average Bonchev–Trinajstić information content (AvgIpc) is 2.99. The molecule has 0 radical (unpaired) electrons. The minimum absolute atomic E-state index is 0.278. The molecule has 6 nitrogen and oxygen atoms in total. The summed E-state index contributed by atoms with van der Waals surface area (Å²) in [5.41, 5.74) is 8.00. The molecule has 29 heavy (non-hydrogen) atoms. The summed E-state index contributed by atoms with van der Waals surface area (Å²) < 4.78 is 1.97. The van der Waals surface area contributed by atoms with Crippen LogP contribution in [0.3, 0.4) is 0 Å². The molecule has 2 heterocycles. The standard InChI is InChI=1S/C23H29N5O/c1-7-18-10-8-9-15(2)20(18)12-24-21-11-19(23(29)25-14-27(5)6)13-28-17(4)16(3)26-22(21)28/h8-11,13-14,24H,7,12H2,1-6H3. The topological polar surface area (TPSA) is 62.0 Å². The number of nitrogens with one attached hydrogen (secondary N) is 1. The molecule has 0 saturated carbocycles. The Bertz CT molecular complexity index is 1080. The fourth-order valence-corrected chi connectivity index (χ4v) is 3.39. The number of carbonyl (C=O) groups is 1. The average molecular weight is 392 g/mol. The van der Waals surface area contributed by atoms with Gasteiger partial charge in [0.1, 0.15) is 0 Å². The fraction of sp³-hybridized carbons (Fsp3) is 0.348. The van der Waals surface area contributed by atoms with E-state index in [1.54, 1.807) is 4.90 Å². The van der Waals surface area contributed by atoms with Crippen LogP contribution >= 0.6 is 0 Å². The van der Waals surface area contributed by atoms with Gasteiger partial charge in [0.2, 0.25) is 0 Å². The van der Waals surface area contributed by atoms with E-state index in [4.69, 9.17) is 4.98 Å². The number of carbonyl (C=O) groups excluding carboxylic acids is 1. The number of aromatic nitrogens is 2. The van der Waals surface area contributed by atoms with Crippen LogP contribution in [0.2, 0.25) is 0 Å². The summed E-state index contributed by atoms with van der Waals surface area (Å²) in [6.45, 7) is 8.96. The lowest BCUT2D eigenvalue weighted by Gasteiger charge is -2.15. The Morgan fingerprint density at radius 1 is 1.28 bits per heavy atom. The molecule has 0 aliphatic rings. The van der Waals surface area contributed by atoms with Gasteiger partial charge in [-0.15, -0.1) is 0 Å². The molecule has 2 aromatic heterocycles. The number of fused-ring (bicyclic) bond motifs is 1. The van der Waals surface area contributed by atoms with Gasteiger partial charge in [-0.1, -0.05) is 25.1 Å². The predicted molar refractivity (Wildman–Crippen MR) is 119 cm³/mol. The van der Waals surface area contributed by atoms with Crippen LogP contribution in [0.25, 0.3) is 5.65 Å². The SMILES string of the molecule is CCc1cccc(C)c1CNc1cc(C(=O)N=CN(C)C)cn2c(C)c(C)nc12. The largest absolute Gasteiger partial charge is 0.378 e. The Kier molecular flexibility index (Phi) is 6.01. The van der Waals surface area contributed by atoms with E-state index >= 15 is 0 Å². The third kappa shape index (κ3) is 4.31. The highest BCUT2D eigenvalue weighted by atomic mass is 16.1. The number of hydrogen-bond donors (Lipinski definition) is 1. The molecule has 1 aromatic carbocycles. The third-order valence-corrected chi connectivity index (χ3v) is 5.19. The van der Waals surface area contributed by atoms with Gasteiger partial charge in [0.15, 0.2) is 5.65 Å². The second kappa shape index (κ2) is 8.47. The first-order valence-electron chi connectivity index (χ1n) is 9.87. The third-order valence-electron chi connectivity index (χ3n) is 5.19. The molecular formula is C23H29N5O. The summed E-state index contributed by atoms with van der Waals surface area (Å²) in [4.78, 5) is 23.1. The molecule has 0 fully saturated rings. The first kappa shape index (κ1) is 20.6. The van der Waals surface area contributed by atoms with Gasteiger partial charge in [-0.25, -0.2) is 4.98 Å². The smallest absolute Gasteiger partial charge is 0.279 e. The number of aryl methyl sites for hydroxylation is 4. The van der Waals surface area contributed by atoms with Crippen LogP contribution in [0.15, 0.2) is 35.5 Å². The summed E-state index contributed by atoms with van der Waals surface area (Å²) in [7, 11) is 3.67. The molecule has 0 spiro atoms. The Balaban J connectivity index is 2.02. The Hall–Kier alpha value is -3.15. The van der Waals surface area contributed by atoms with E-state index < -0.39 is 0 Å². The minimum Gasteiger partial charge on any atom is -0.378 e. The molecule has 0 saturated heterocycles. The van der Waals surface area contributed by atoms with Gasteiger partial charge in [-0.2, -0.15) is 4.99 Å². The van der Waals surface area contributed by atoms with Gasteiger partial charge < -0.3 is 14.6 Å². The quantitative estimate of drug-likeness (QED) is 0.506. The van der Waals surface area contributed by atoms with E-state index in [0.29, 0.717) is 12.1 Å². The van der Waals surface area contributed by atoms with Crippen LogP contribution in [-0.2, 0) is 13.0 Å². The highest BCUT2D eigenvalue weighted by molar-refractivity contribution is 6.00. The molecule has 0 bridgehead atoms. The van der Waals surface area contributed by atoms with Crippen molar-refractivity contribution < 1.29 is 4.79 Å². The second-order valence-corrected chi connectivity index (χ2v) is 7.55. The highest BCUT2D eigenvalue weighted by Gasteiger charge is 2.15. The lowest BCUT2D eigenvalue weighted by atomic mass is 10.00. The molecule has 3 aromatic rings. The molecule has 0 atom stereocenters. The van der Waals surface area contributed by atoms with Crippen molar-refractivity contribution in [3.05, 3.63) is 64.1 Å². The van der Waals surface area contributed by atoms with E-state index in [2.05, 4.69) is 42.4 Å². The monoisotopic (exact) mass is 391 g/mol. The minimum atomic E-state index is -0.278.